The highest BCUT2D eigenvalue weighted by atomic mass is 32.2. The van der Waals surface area contributed by atoms with Crippen LogP contribution in [0, 0.1) is 0 Å². The zero-order valence-corrected chi connectivity index (χ0v) is 20.2. The predicted molar refractivity (Wildman–Crippen MR) is 133 cm³/mol. The molecule has 1 N–H and O–H groups in total. The Morgan fingerprint density at radius 3 is 1.94 bits per heavy atom. The van der Waals surface area contributed by atoms with Gasteiger partial charge in [-0.2, -0.15) is 4.31 Å². The van der Waals surface area contributed by atoms with Gasteiger partial charge in [0.25, 0.3) is 5.91 Å². The van der Waals surface area contributed by atoms with E-state index >= 15 is 0 Å². The van der Waals surface area contributed by atoms with Crippen molar-refractivity contribution in [2.45, 2.75) is 31.8 Å². The van der Waals surface area contributed by atoms with Crippen LogP contribution in [0.3, 0.4) is 0 Å². The predicted octanol–water partition coefficient (Wildman–Crippen LogP) is 4.60. The lowest BCUT2D eigenvalue weighted by Crippen LogP contribution is -2.26. The molecule has 6 nitrogen and oxygen atoms in total. The van der Waals surface area contributed by atoms with E-state index in [1.165, 1.54) is 16.4 Å². The van der Waals surface area contributed by atoms with E-state index in [-0.39, 0.29) is 17.3 Å². The molecule has 3 aromatic carbocycles. The Bertz CT molecular complexity index is 1140. The molecule has 0 saturated heterocycles. The van der Waals surface area contributed by atoms with Gasteiger partial charge in [-0.15, -0.1) is 0 Å². The molecule has 0 aliphatic rings. The van der Waals surface area contributed by atoms with Crippen LogP contribution in [0.5, 0.6) is 0 Å². The zero-order valence-electron chi connectivity index (χ0n) is 19.4. The molecule has 0 radical (unpaired) electrons. The van der Waals surface area contributed by atoms with Crippen molar-refractivity contribution in [1.82, 2.24) is 9.21 Å². The number of nitrogens with zero attached hydrogens (tertiary/aromatic N) is 2. The first-order valence-corrected chi connectivity index (χ1v) is 12.5. The smallest absolute Gasteiger partial charge is 0.255 e. The lowest BCUT2D eigenvalue weighted by molar-refractivity contribution is 0.102. The standard InChI is InChI=1S/C26H31N3O3S/c1-4-29(5-2)20-22-11-13-23(14-12-22)26(30)27-24-15-17-25(18-16-24)33(31,32)28(3)19-21-9-7-6-8-10-21/h6-18H,4-5,19-20H2,1-3H3,(H,27,30). The number of carbonyl (C=O) groups excluding carboxylic acids is 1. The molecule has 3 rings (SSSR count). The molecule has 3 aromatic rings. The Labute approximate surface area is 196 Å². The maximum atomic E-state index is 12.9. The summed E-state index contributed by atoms with van der Waals surface area (Å²) >= 11 is 0. The second kappa shape index (κ2) is 11.2. The number of amides is 1. The Morgan fingerprint density at radius 1 is 0.788 bits per heavy atom. The van der Waals surface area contributed by atoms with E-state index in [2.05, 4.69) is 24.1 Å². The molecule has 0 fully saturated rings. The Morgan fingerprint density at radius 2 is 1.36 bits per heavy atom. The van der Waals surface area contributed by atoms with Gasteiger partial charge >= 0.3 is 0 Å². The Hall–Kier alpha value is -3.00. The van der Waals surface area contributed by atoms with Crippen molar-refractivity contribution in [2.24, 2.45) is 0 Å². The van der Waals surface area contributed by atoms with Crippen LogP contribution in [0.25, 0.3) is 0 Å². The number of carbonyl (C=O) groups is 1. The summed E-state index contributed by atoms with van der Waals surface area (Å²) < 4.78 is 27.1. The van der Waals surface area contributed by atoms with E-state index in [9.17, 15) is 13.2 Å². The summed E-state index contributed by atoms with van der Waals surface area (Å²) in [6, 6.07) is 23.2. The molecular formula is C26H31N3O3S. The maximum absolute atomic E-state index is 12.9. The molecule has 0 bridgehead atoms. The zero-order chi connectivity index (χ0) is 23.8. The largest absolute Gasteiger partial charge is 0.322 e. The number of hydrogen-bond donors (Lipinski definition) is 1. The number of hydrogen-bond acceptors (Lipinski definition) is 4. The first-order valence-electron chi connectivity index (χ1n) is 11.1. The fourth-order valence-corrected chi connectivity index (χ4v) is 4.64. The number of benzene rings is 3. The fourth-order valence-electron chi connectivity index (χ4n) is 3.49. The minimum atomic E-state index is -3.64. The van der Waals surface area contributed by atoms with Crippen LogP contribution in [0.2, 0.25) is 0 Å². The molecule has 0 atom stereocenters. The molecular weight excluding hydrogens is 434 g/mol. The average molecular weight is 466 g/mol. The summed E-state index contributed by atoms with van der Waals surface area (Å²) in [5.74, 6) is -0.235. The quantitative estimate of drug-likeness (QED) is 0.475. The summed E-state index contributed by atoms with van der Waals surface area (Å²) in [4.78, 5) is 15.1. The van der Waals surface area contributed by atoms with Crippen LogP contribution in [-0.2, 0) is 23.1 Å². The fraction of sp³-hybridized carbons (Fsp3) is 0.269. The van der Waals surface area contributed by atoms with Crippen molar-refractivity contribution >= 4 is 21.6 Å². The highest BCUT2D eigenvalue weighted by Gasteiger charge is 2.21. The Kier molecular flexibility index (Phi) is 8.38. The average Bonchev–Trinajstić information content (AvgIpc) is 2.83. The minimum Gasteiger partial charge on any atom is -0.322 e. The summed E-state index contributed by atoms with van der Waals surface area (Å²) in [5, 5.41) is 2.83. The molecule has 174 valence electrons. The van der Waals surface area contributed by atoms with E-state index in [1.807, 2.05) is 54.6 Å². The molecule has 1 amide bonds. The van der Waals surface area contributed by atoms with Gasteiger partial charge in [-0.3, -0.25) is 9.69 Å². The van der Waals surface area contributed by atoms with Gasteiger partial charge in [0.2, 0.25) is 10.0 Å². The summed E-state index contributed by atoms with van der Waals surface area (Å²) in [6.45, 7) is 7.35. The van der Waals surface area contributed by atoms with Crippen molar-refractivity contribution in [3.63, 3.8) is 0 Å². The van der Waals surface area contributed by atoms with Crippen molar-refractivity contribution in [3.8, 4) is 0 Å². The van der Waals surface area contributed by atoms with Crippen LogP contribution < -0.4 is 5.32 Å². The SMILES string of the molecule is CCN(CC)Cc1ccc(C(=O)Nc2ccc(S(=O)(=O)N(C)Cc3ccccc3)cc2)cc1. The normalized spacial score (nSPS) is 11.7. The van der Waals surface area contributed by atoms with E-state index in [1.54, 1.807) is 19.2 Å². The van der Waals surface area contributed by atoms with Crippen molar-refractivity contribution in [1.29, 1.82) is 0 Å². The van der Waals surface area contributed by atoms with Gasteiger partial charge in [-0.25, -0.2) is 8.42 Å². The number of nitrogens with one attached hydrogen (secondary N) is 1. The summed E-state index contributed by atoms with van der Waals surface area (Å²) in [7, 11) is -2.08. The van der Waals surface area contributed by atoms with Crippen molar-refractivity contribution in [3.05, 3.63) is 95.6 Å². The van der Waals surface area contributed by atoms with Gasteiger partial charge in [-0.05, 0) is 60.6 Å². The first kappa shape index (κ1) is 24.6. The van der Waals surface area contributed by atoms with Gasteiger partial charge in [0.05, 0.1) is 4.90 Å². The third-order valence-corrected chi connectivity index (χ3v) is 7.40. The second-order valence-corrected chi connectivity index (χ2v) is 9.93. The van der Waals surface area contributed by atoms with E-state index in [0.29, 0.717) is 11.3 Å². The van der Waals surface area contributed by atoms with E-state index in [4.69, 9.17) is 0 Å². The summed E-state index contributed by atoms with van der Waals surface area (Å²) in [5.41, 5.74) is 3.16. The van der Waals surface area contributed by atoms with Gasteiger partial charge in [0, 0.05) is 31.4 Å². The molecule has 33 heavy (non-hydrogen) atoms. The van der Waals surface area contributed by atoms with Gasteiger partial charge in [-0.1, -0.05) is 56.3 Å². The molecule has 0 saturated carbocycles. The molecule has 7 heteroatoms. The molecule has 0 unspecified atom stereocenters. The van der Waals surface area contributed by atoms with Crippen molar-refractivity contribution in [2.75, 3.05) is 25.5 Å². The van der Waals surface area contributed by atoms with Gasteiger partial charge in [0.15, 0.2) is 0 Å². The van der Waals surface area contributed by atoms with Crippen LogP contribution >= 0.6 is 0 Å². The third-order valence-electron chi connectivity index (χ3n) is 5.59. The third kappa shape index (κ3) is 6.51. The lowest BCUT2D eigenvalue weighted by atomic mass is 10.1. The number of anilines is 1. The minimum absolute atomic E-state index is 0.180. The number of rotatable bonds is 10. The molecule has 0 aromatic heterocycles. The Balaban J connectivity index is 1.63. The monoisotopic (exact) mass is 465 g/mol. The van der Waals surface area contributed by atoms with Crippen LogP contribution in [-0.4, -0.2) is 43.7 Å². The maximum Gasteiger partial charge on any atom is 0.255 e. The highest BCUT2D eigenvalue weighted by Crippen LogP contribution is 2.20. The highest BCUT2D eigenvalue weighted by molar-refractivity contribution is 7.89. The molecule has 0 heterocycles. The second-order valence-electron chi connectivity index (χ2n) is 7.88. The molecule has 0 aliphatic carbocycles. The lowest BCUT2D eigenvalue weighted by Gasteiger charge is -2.18. The first-order chi connectivity index (χ1) is 15.8. The number of sulfonamides is 1. The summed E-state index contributed by atoms with van der Waals surface area (Å²) in [6.07, 6.45) is 0. The van der Waals surface area contributed by atoms with Crippen LogP contribution in [0.15, 0.2) is 83.8 Å². The van der Waals surface area contributed by atoms with Crippen molar-refractivity contribution < 1.29 is 13.2 Å². The topological polar surface area (TPSA) is 69.7 Å². The van der Waals surface area contributed by atoms with E-state index in [0.717, 1.165) is 30.8 Å². The van der Waals surface area contributed by atoms with Gasteiger partial charge in [0.1, 0.15) is 0 Å². The van der Waals surface area contributed by atoms with Gasteiger partial charge < -0.3 is 5.32 Å². The van der Waals surface area contributed by atoms with Crippen LogP contribution in [0.1, 0.15) is 35.3 Å². The molecule has 0 spiro atoms. The van der Waals surface area contributed by atoms with E-state index < -0.39 is 10.0 Å². The van der Waals surface area contributed by atoms with Crippen LogP contribution in [0.4, 0.5) is 5.69 Å². The molecule has 0 aliphatic heterocycles.